The molecule has 0 radical (unpaired) electrons. The fourth-order valence-electron chi connectivity index (χ4n) is 2.94. The van der Waals surface area contributed by atoms with E-state index < -0.39 is 0 Å². The van der Waals surface area contributed by atoms with Crippen LogP contribution in [0.3, 0.4) is 0 Å². The van der Waals surface area contributed by atoms with Crippen LogP contribution in [0.25, 0.3) is 5.69 Å². The summed E-state index contributed by atoms with van der Waals surface area (Å²) < 4.78 is 2.11. The third-order valence-corrected chi connectivity index (χ3v) is 4.14. The molecule has 3 heteroatoms. The van der Waals surface area contributed by atoms with E-state index in [4.69, 9.17) is 5.10 Å². The molecule has 1 aromatic heterocycles. The van der Waals surface area contributed by atoms with Gasteiger partial charge in [-0.2, -0.15) is 5.10 Å². The summed E-state index contributed by atoms with van der Waals surface area (Å²) in [7, 11) is 0. The third kappa shape index (κ3) is 2.11. The van der Waals surface area contributed by atoms with Crippen molar-refractivity contribution < 1.29 is 0 Å². The lowest BCUT2D eigenvalue weighted by atomic mass is 10.0. The minimum Gasteiger partial charge on any atom is -0.369 e. The van der Waals surface area contributed by atoms with Gasteiger partial charge in [0.1, 0.15) is 5.82 Å². The van der Waals surface area contributed by atoms with Gasteiger partial charge in [-0.3, -0.25) is 0 Å². The first-order valence-corrected chi connectivity index (χ1v) is 7.49. The molecule has 0 atom stereocenters. The number of aromatic nitrogens is 2. The van der Waals surface area contributed by atoms with E-state index in [2.05, 4.69) is 55.9 Å². The van der Waals surface area contributed by atoms with Crippen LogP contribution in [0.15, 0.2) is 18.2 Å². The summed E-state index contributed by atoms with van der Waals surface area (Å²) in [6.45, 7) is 9.88. The number of benzene rings is 1. The van der Waals surface area contributed by atoms with Crippen LogP contribution < -0.4 is 5.32 Å². The van der Waals surface area contributed by atoms with Crippen LogP contribution in [0.5, 0.6) is 0 Å². The van der Waals surface area contributed by atoms with E-state index in [9.17, 15) is 0 Å². The summed E-state index contributed by atoms with van der Waals surface area (Å²) in [5.74, 6) is 1.84. The highest BCUT2D eigenvalue weighted by Crippen LogP contribution is 2.31. The minimum absolute atomic E-state index is 0.640. The van der Waals surface area contributed by atoms with Crippen LogP contribution >= 0.6 is 0 Å². The van der Waals surface area contributed by atoms with Crippen molar-refractivity contribution in [3.05, 3.63) is 40.6 Å². The Kier molecular flexibility index (Phi) is 3.28. The zero-order chi connectivity index (χ0) is 14.3. The predicted molar refractivity (Wildman–Crippen MR) is 83.8 cm³/mol. The van der Waals surface area contributed by atoms with Crippen molar-refractivity contribution in [1.29, 1.82) is 0 Å². The number of hydrogen-bond donors (Lipinski definition) is 1. The van der Waals surface area contributed by atoms with Gasteiger partial charge in [0.05, 0.1) is 11.4 Å². The molecular weight excluding hydrogens is 246 g/mol. The molecule has 3 rings (SSSR count). The van der Waals surface area contributed by atoms with Gasteiger partial charge < -0.3 is 5.32 Å². The van der Waals surface area contributed by atoms with E-state index in [0.29, 0.717) is 5.92 Å². The average Bonchev–Trinajstić information content (AvgIpc) is 2.96. The first kappa shape index (κ1) is 13.2. The molecule has 1 aromatic carbocycles. The van der Waals surface area contributed by atoms with E-state index in [1.54, 1.807) is 0 Å². The molecule has 0 saturated heterocycles. The maximum Gasteiger partial charge on any atom is 0.133 e. The normalized spacial score (nSPS) is 13.7. The highest BCUT2D eigenvalue weighted by Gasteiger charge is 2.23. The van der Waals surface area contributed by atoms with Gasteiger partial charge in [-0.05, 0) is 49.8 Å². The standard InChI is InChI=1S/C17H23N3/c1-11(2)10-15-14-8-9-18-17(14)20(19-15)16-7-5-6-12(3)13(16)4/h5-7,11,18H,8-10H2,1-4H3. The van der Waals surface area contributed by atoms with Gasteiger partial charge in [-0.1, -0.05) is 26.0 Å². The molecule has 1 aliphatic rings. The third-order valence-electron chi connectivity index (χ3n) is 4.14. The molecule has 3 nitrogen and oxygen atoms in total. The number of anilines is 1. The second-order valence-corrected chi connectivity index (χ2v) is 6.18. The van der Waals surface area contributed by atoms with E-state index >= 15 is 0 Å². The lowest BCUT2D eigenvalue weighted by molar-refractivity contribution is 0.624. The Morgan fingerprint density at radius 3 is 2.85 bits per heavy atom. The van der Waals surface area contributed by atoms with Crippen molar-refractivity contribution in [2.75, 3.05) is 11.9 Å². The molecule has 0 aliphatic carbocycles. The molecule has 0 spiro atoms. The quantitative estimate of drug-likeness (QED) is 0.921. The SMILES string of the molecule is Cc1cccc(-n2nc(CC(C)C)c3c2NCC3)c1C. The number of rotatable bonds is 3. The van der Waals surface area contributed by atoms with Crippen LogP contribution in [-0.4, -0.2) is 16.3 Å². The zero-order valence-electron chi connectivity index (χ0n) is 12.8. The van der Waals surface area contributed by atoms with Crippen LogP contribution in [0.4, 0.5) is 5.82 Å². The van der Waals surface area contributed by atoms with Gasteiger partial charge in [0.15, 0.2) is 0 Å². The maximum atomic E-state index is 4.90. The molecule has 0 bridgehead atoms. The minimum atomic E-state index is 0.640. The first-order chi connectivity index (χ1) is 9.58. The summed E-state index contributed by atoms with van der Waals surface area (Å²) in [5.41, 5.74) is 6.50. The van der Waals surface area contributed by atoms with Crippen LogP contribution in [0.2, 0.25) is 0 Å². The lowest BCUT2D eigenvalue weighted by Crippen LogP contribution is -2.07. The van der Waals surface area contributed by atoms with Crippen molar-refractivity contribution >= 4 is 5.82 Å². The molecule has 1 aliphatic heterocycles. The Hall–Kier alpha value is -1.77. The molecule has 0 unspecified atom stereocenters. The molecule has 106 valence electrons. The fraction of sp³-hybridized carbons (Fsp3) is 0.471. The molecule has 0 fully saturated rings. The van der Waals surface area contributed by atoms with Gasteiger partial charge in [0.2, 0.25) is 0 Å². The highest BCUT2D eigenvalue weighted by atomic mass is 15.3. The Balaban J connectivity index is 2.13. The van der Waals surface area contributed by atoms with Crippen molar-refractivity contribution in [1.82, 2.24) is 9.78 Å². The van der Waals surface area contributed by atoms with Crippen molar-refractivity contribution in [2.24, 2.45) is 5.92 Å². The number of aryl methyl sites for hydroxylation is 1. The van der Waals surface area contributed by atoms with Crippen molar-refractivity contribution in [3.63, 3.8) is 0 Å². The summed E-state index contributed by atoms with van der Waals surface area (Å²) in [6, 6.07) is 6.43. The van der Waals surface area contributed by atoms with Crippen LogP contribution in [0.1, 0.15) is 36.2 Å². The first-order valence-electron chi connectivity index (χ1n) is 7.49. The molecular formula is C17H23N3. The second-order valence-electron chi connectivity index (χ2n) is 6.18. The fourth-order valence-corrected chi connectivity index (χ4v) is 2.94. The topological polar surface area (TPSA) is 29.9 Å². The molecule has 2 aromatic rings. The summed E-state index contributed by atoms with van der Waals surface area (Å²) in [4.78, 5) is 0. The summed E-state index contributed by atoms with van der Waals surface area (Å²) in [5, 5.41) is 8.41. The van der Waals surface area contributed by atoms with Gasteiger partial charge in [-0.15, -0.1) is 0 Å². The Labute approximate surface area is 121 Å². The zero-order valence-corrected chi connectivity index (χ0v) is 12.8. The average molecular weight is 269 g/mol. The monoisotopic (exact) mass is 269 g/mol. The van der Waals surface area contributed by atoms with Crippen molar-refractivity contribution in [3.8, 4) is 5.69 Å². The largest absolute Gasteiger partial charge is 0.369 e. The van der Waals surface area contributed by atoms with Gasteiger partial charge in [-0.25, -0.2) is 4.68 Å². The summed E-state index contributed by atoms with van der Waals surface area (Å²) >= 11 is 0. The number of fused-ring (bicyclic) bond motifs is 1. The van der Waals surface area contributed by atoms with E-state index in [1.807, 2.05) is 0 Å². The van der Waals surface area contributed by atoms with Crippen LogP contribution in [-0.2, 0) is 12.8 Å². The molecule has 1 N–H and O–H groups in total. The highest BCUT2D eigenvalue weighted by molar-refractivity contribution is 5.59. The van der Waals surface area contributed by atoms with E-state index in [1.165, 1.54) is 33.9 Å². The van der Waals surface area contributed by atoms with Crippen molar-refractivity contribution in [2.45, 2.75) is 40.5 Å². The number of nitrogens with one attached hydrogen (secondary N) is 1. The van der Waals surface area contributed by atoms with Gasteiger partial charge in [0.25, 0.3) is 0 Å². The second kappa shape index (κ2) is 4.97. The lowest BCUT2D eigenvalue weighted by Gasteiger charge is -2.11. The number of nitrogens with zero attached hydrogens (tertiary/aromatic N) is 2. The predicted octanol–water partition coefficient (Wildman–Crippen LogP) is 3.66. The molecule has 0 amide bonds. The van der Waals surface area contributed by atoms with Gasteiger partial charge >= 0.3 is 0 Å². The van der Waals surface area contributed by atoms with E-state index in [0.717, 1.165) is 19.4 Å². The van der Waals surface area contributed by atoms with E-state index in [-0.39, 0.29) is 0 Å². The summed E-state index contributed by atoms with van der Waals surface area (Å²) in [6.07, 6.45) is 2.16. The molecule has 20 heavy (non-hydrogen) atoms. The Morgan fingerprint density at radius 2 is 2.10 bits per heavy atom. The van der Waals surface area contributed by atoms with Gasteiger partial charge in [0, 0.05) is 12.1 Å². The van der Waals surface area contributed by atoms with Crippen LogP contribution in [0, 0.1) is 19.8 Å². The Bertz CT molecular complexity index is 638. The molecule has 0 saturated carbocycles. The maximum absolute atomic E-state index is 4.90. The number of hydrogen-bond acceptors (Lipinski definition) is 2. The Morgan fingerprint density at radius 1 is 1.30 bits per heavy atom. The molecule has 2 heterocycles. The smallest absolute Gasteiger partial charge is 0.133 e.